The highest BCUT2D eigenvalue weighted by molar-refractivity contribution is 9.10. The average Bonchev–Trinajstić information content (AvgIpc) is 2.11. The van der Waals surface area contributed by atoms with Gasteiger partial charge in [-0.15, -0.1) is 13.2 Å². The van der Waals surface area contributed by atoms with E-state index in [-0.39, 0.29) is 9.17 Å². The standard InChI is InChI=1S/C4H2BrF3N2/c5-3-1-9-2-10(3)4(6,7)8/h1-2H. The Morgan fingerprint density at radius 1 is 1.50 bits per heavy atom. The van der Waals surface area contributed by atoms with Crippen LogP contribution in [0.3, 0.4) is 0 Å². The second kappa shape index (κ2) is 2.26. The van der Waals surface area contributed by atoms with Gasteiger partial charge in [0, 0.05) is 0 Å². The van der Waals surface area contributed by atoms with E-state index in [1.165, 1.54) is 0 Å². The lowest BCUT2D eigenvalue weighted by atomic mass is 10.9. The zero-order valence-corrected chi connectivity index (χ0v) is 6.15. The Labute approximate surface area is 62.8 Å². The van der Waals surface area contributed by atoms with Crippen LogP contribution >= 0.6 is 15.9 Å². The van der Waals surface area contributed by atoms with Crippen LogP contribution < -0.4 is 0 Å². The molecule has 1 heterocycles. The summed E-state index contributed by atoms with van der Waals surface area (Å²) in [6, 6.07) is 0. The molecule has 0 saturated carbocycles. The Morgan fingerprint density at radius 2 is 2.10 bits per heavy atom. The molecule has 0 unspecified atom stereocenters. The van der Waals surface area contributed by atoms with Gasteiger partial charge in [0.05, 0.1) is 6.20 Å². The van der Waals surface area contributed by atoms with Gasteiger partial charge in [0.1, 0.15) is 10.9 Å². The van der Waals surface area contributed by atoms with Crippen molar-refractivity contribution >= 4 is 15.9 Å². The van der Waals surface area contributed by atoms with Crippen LogP contribution in [0.2, 0.25) is 0 Å². The molecule has 0 atom stereocenters. The van der Waals surface area contributed by atoms with Crippen LogP contribution in [-0.2, 0) is 6.30 Å². The second-order valence-corrected chi connectivity index (χ2v) is 2.37. The number of halogens is 4. The van der Waals surface area contributed by atoms with Gasteiger partial charge in [-0.25, -0.2) is 9.55 Å². The van der Waals surface area contributed by atoms with Crippen LogP contribution in [0.25, 0.3) is 0 Å². The van der Waals surface area contributed by atoms with E-state index in [9.17, 15) is 13.2 Å². The van der Waals surface area contributed by atoms with Gasteiger partial charge >= 0.3 is 6.30 Å². The van der Waals surface area contributed by atoms with Gasteiger partial charge in [-0.1, -0.05) is 0 Å². The number of imidazole rings is 1. The zero-order valence-electron chi connectivity index (χ0n) is 4.56. The van der Waals surface area contributed by atoms with Gasteiger partial charge in [-0.3, -0.25) is 0 Å². The minimum absolute atomic E-state index is 0.0764. The minimum Gasteiger partial charge on any atom is -0.244 e. The van der Waals surface area contributed by atoms with E-state index in [1.807, 2.05) is 0 Å². The fourth-order valence-corrected chi connectivity index (χ4v) is 0.876. The smallest absolute Gasteiger partial charge is 0.244 e. The normalized spacial score (nSPS) is 12.0. The van der Waals surface area contributed by atoms with E-state index >= 15 is 0 Å². The SMILES string of the molecule is FC(F)(F)n1cncc1Br. The van der Waals surface area contributed by atoms with E-state index < -0.39 is 6.30 Å². The molecule has 0 radical (unpaired) electrons. The summed E-state index contributed by atoms with van der Waals surface area (Å²) in [5.74, 6) is 0. The molecular formula is C4H2BrF3N2. The molecule has 1 rings (SSSR count). The third-order valence-corrected chi connectivity index (χ3v) is 1.45. The van der Waals surface area contributed by atoms with Crippen molar-refractivity contribution in [2.45, 2.75) is 6.30 Å². The van der Waals surface area contributed by atoms with E-state index in [0.29, 0.717) is 6.33 Å². The Hall–Kier alpha value is -0.520. The molecule has 0 aliphatic heterocycles. The first-order chi connectivity index (χ1) is 4.52. The second-order valence-electron chi connectivity index (χ2n) is 1.55. The van der Waals surface area contributed by atoms with Crippen molar-refractivity contribution in [2.75, 3.05) is 0 Å². The Balaban J connectivity index is 3.05. The fourth-order valence-electron chi connectivity index (χ4n) is 0.465. The third-order valence-electron chi connectivity index (χ3n) is 0.866. The maximum Gasteiger partial charge on any atom is 0.490 e. The average molecular weight is 215 g/mol. The van der Waals surface area contributed by atoms with Crippen LogP contribution in [-0.4, -0.2) is 9.55 Å². The van der Waals surface area contributed by atoms with Crippen molar-refractivity contribution in [2.24, 2.45) is 0 Å². The topological polar surface area (TPSA) is 17.8 Å². The van der Waals surface area contributed by atoms with Gasteiger partial charge in [0.15, 0.2) is 0 Å². The van der Waals surface area contributed by atoms with Gasteiger partial charge in [-0.2, -0.15) is 0 Å². The lowest BCUT2D eigenvalue weighted by molar-refractivity contribution is -0.205. The summed E-state index contributed by atoms with van der Waals surface area (Å²) in [5.41, 5.74) is 0. The van der Waals surface area contributed by atoms with Crippen LogP contribution in [0.4, 0.5) is 13.2 Å². The molecule has 0 aromatic carbocycles. The molecule has 0 aliphatic carbocycles. The highest BCUT2D eigenvalue weighted by Crippen LogP contribution is 2.25. The number of alkyl halides is 3. The molecular weight excluding hydrogens is 213 g/mol. The van der Waals surface area contributed by atoms with Crippen LogP contribution in [0.5, 0.6) is 0 Å². The predicted molar refractivity (Wildman–Crippen MR) is 31.2 cm³/mol. The van der Waals surface area contributed by atoms with Crippen molar-refractivity contribution in [3.63, 3.8) is 0 Å². The Bertz CT molecular complexity index is 229. The Morgan fingerprint density at radius 3 is 2.30 bits per heavy atom. The molecule has 0 N–H and O–H groups in total. The number of aromatic nitrogens is 2. The quantitative estimate of drug-likeness (QED) is 0.647. The summed E-state index contributed by atoms with van der Waals surface area (Å²) in [5, 5.41) is 0. The lowest BCUT2D eigenvalue weighted by Gasteiger charge is -2.06. The van der Waals surface area contributed by atoms with Gasteiger partial charge in [0.25, 0.3) is 0 Å². The zero-order chi connectivity index (χ0) is 7.78. The first-order valence-electron chi connectivity index (χ1n) is 2.27. The van der Waals surface area contributed by atoms with Crippen LogP contribution in [0.1, 0.15) is 0 Å². The van der Waals surface area contributed by atoms with Crippen molar-refractivity contribution in [1.82, 2.24) is 9.55 Å². The van der Waals surface area contributed by atoms with Gasteiger partial charge < -0.3 is 0 Å². The van der Waals surface area contributed by atoms with E-state index in [1.54, 1.807) is 0 Å². The highest BCUT2D eigenvalue weighted by Gasteiger charge is 2.31. The van der Waals surface area contributed by atoms with E-state index in [0.717, 1.165) is 6.20 Å². The largest absolute Gasteiger partial charge is 0.490 e. The molecule has 0 aliphatic rings. The van der Waals surface area contributed by atoms with Gasteiger partial charge in [-0.05, 0) is 15.9 Å². The monoisotopic (exact) mass is 214 g/mol. The van der Waals surface area contributed by atoms with Gasteiger partial charge in [0.2, 0.25) is 0 Å². The molecule has 0 amide bonds. The van der Waals surface area contributed by atoms with Crippen molar-refractivity contribution < 1.29 is 13.2 Å². The first kappa shape index (κ1) is 7.59. The van der Waals surface area contributed by atoms with E-state index in [4.69, 9.17) is 0 Å². The minimum atomic E-state index is -4.38. The number of hydrogen-bond acceptors (Lipinski definition) is 1. The van der Waals surface area contributed by atoms with Crippen LogP contribution in [0, 0.1) is 0 Å². The molecule has 0 bridgehead atoms. The molecule has 6 heteroatoms. The molecule has 1 aromatic heterocycles. The molecule has 10 heavy (non-hydrogen) atoms. The molecule has 56 valence electrons. The molecule has 1 aromatic rings. The highest BCUT2D eigenvalue weighted by atomic mass is 79.9. The third kappa shape index (κ3) is 1.31. The van der Waals surface area contributed by atoms with Crippen molar-refractivity contribution in [3.05, 3.63) is 17.1 Å². The summed E-state index contributed by atoms with van der Waals surface area (Å²) < 4.78 is 35.3. The number of hydrogen-bond donors (Lipinski definition) is 0. The molecule has 0 fully saturated rings. The molecule has 2 nitrogen and oxygen atoms in total. The fraction of sp³-hybridized carbons (Fsp3) is 0.250. The molecule has 0 saturated heterocycles. The van der Waals surface area contributed by atoms with E-state index in [2.05, 4.69) is 20.9 Å². The summed E-state index contributed by atoms with van der Waals surface area (Å²) >= 11 is 2.68. The lowest BCUT2D eigenvalue weighted by Crippen LogP contribution is -2.15. The Kier molecular flexibility index (Phi) is 1.72. The number of rotatable bonds is 0. The summed E-state index contributed by atoms with van der Waals surface area (Å²) in [7, 11) is 0. The summed E-state index contributed by atoms with van der Waals surface area (Å²) in [6.07, 6.45) is -2.60. The van der Waals surface area contributed by atoms with Crippen molar-refractivity contribution in [1.29, 1.82) is 0 Å². The summed E-state index contributed by atoms with van der Waals surface area (Å²) in [4.78, 5) is 3.28. The first-order valence-corrected chi connectivity index (χ1v) is 3.06. The predicted octanol–water partition coefficient (Wildman–Crippen LogP) is 2.12. The maximum atomic E-state index is 11.8. The van der Waals surface area contributed by atoms with Crippen LogP contribution in [0.15, 0.2) is 17.1 Å². The molecule has 0 spiro atoms. The number of nitrogens with zero attached hydrogens (tertiary/aromatic N) is 2. The van der Waals surface area contributed by atoms with Crippen molar-refractivity contribution in [3.8, 4) is 0 Å². The summed E-state index contributed by atoms with van der Waals surface area (Å²) in [6.45, 7) is 0. The maximum absolute atomic E-state index is 11.8.